The van der Waals surface area contributed by atoms with Crippen LogP contribution in [-0.4, -0.2) is 25.2 Å². The van der Waals surface area contributed by atoms with E-state index in [1.54, 1.807) is 0 Å². The van der Waals surface area contributed by atoms with Crippen molar-refractivity contribution in [2.75, 3.05) is 20.3 Å². The predicted molar refractivity (Wildman–Crippen MR) is 69.1 cm³/mol. The van der Waals surface area contributed by atoms with E-state index in [4.69, 9.17) is 4.74 Å². The van der Waals surface area contributed by atoms with Crippen LogP contribution >= 0.6 is 0 Å². The van der Waals surface area contributed by atoms with E-state index in [1.807, 2.05) is 13.2 Å². The minimum Gasteiger partial charge on any atom is -0.381 e. The second-order valence-corrected chi connectivity index (χ2v) is 4.96. The molecule has 3 heteroatoms. The lowest BCUT2D eigenvalue weighted by atomic mass is 9.89. The van der Waals surface area contributed by atoms with Gasteiger partial charge in [-0.15, -0.1) is 0 Å². The summed E-state index contributed by atoms with van der Waals surface area (Å²) in [7, 11) is 2.01. The number of ether oxygens (including phenoxy) is 1. The molecule has 2 unspecified atom stereocenters. The molecule has 2 rings (SSSR count). The van der Waals surface area contributed by atoms with Crippen LogP contribution in [0.25, 0.3) is 0 Å². The van der Waals surface area contributed by atoms with Crippen molar-refractivity contribution in [3.63, 3.8) is 0 Å². The molecule has 0 spiro atoms. The van der Waals surface area contributed by atoms with Crippen molar-refractivity contribution in [3.8, 4) is 0 Å². The lowest BCUT2D eigenvalue weighted by Crippen LogP contribution is -2.32. The molecular weight excluding hydrogens is 212 g/mol. The maximum atomic E-state index is 5.58. The van der Waals surface area contributed by atoms with Crippen LogP contribution in [0.5, 0.6) is 0 Å². The molecule has 1 aliphatic heterocycles. The van der Waals surface area contributed by atoms with E-state index < -0.39 is 0 Å². The molecule has 17 heavy (non-hydrogen) atoms. The monoisotopic (exact) mass is 234 g/mol. The molecule has 1 N–H and O–H groups in total. The van der Waals surface area contributed by atoms with Gasteiger partial charge in [-0.3, -0.25) is 4.98 Å². The van der Waals surface area contributed by atoms with Gasteiger partial charge in [0.2, 0.25) is 0 Å². The zero-order valence-electron chi connectivity index (χ0n) is 11.0. The number of hydrogen-bond acceptors (Lipinski definition) is 3. The molecule has 1 aliphatic rings. The van der Waals surface area contributed by atoms with Gasteiger partial charge in [-0.25, -0.2) is 0 Å². The summed E-state index contributed by atoms with van der Waals surface area (Å²) in [6.07, 6.45) is 4.34. The van der Waals surface area contributed by atoms with Crippen molar-refractivity contribution >= 4 is 0 Å². The summed E-state index contributed by atoms with van der Waals surface area (Å²) < 4.78 is 5.58. The van der Waals surface area contributed by atoms with Crippen molar-refractivity contribution in [2.24, 2.45) is 5.92 Å². The average Bonchev–Trinajstić information content (AvgIpc) is 2.34. The first-order valence-corrected chi connectivity index (χ1v) is 6.40. The van der Waals surface area contributed by atoms with E-state index in [2.05, 4.69) is 30.2 Å². The van der Waals surface area contributed by atoms with Crippen LogP contribution in [-0.2, 0) is 4.74 Å². The topological polar surface area (TPSA) is 34.2 Å². The standard InChI is InChI=1S/C14H22N2O/c1-10-7-11(2)13(16-8-10)14(15-3)12-5-4-6-17-9-12/h7-8,12,14-15H,4-6,9H2,1-3H3. The third kappa shape index (κ3) is 2.85. The predicted octanol–water partition coefficient (Wildman–Crippen LogP) is 2.39. The third-order valence-electron chi connectivity index (χ3n) is 3.53. The zero-order valence-corrected chi connectivity index (χ0v) is 11.0. The normalized spacial score (nSPS) is 22.4. The summed E-state index contributed by atoms with van der Waals surface area (Å²) in [5.74, 6) is 0.544. The largest absolute Gasteiger partial charge is 0.381 e. The highest BCUT2D eigenvalue weighted by atomic mass is 16.5. The summed E-state index contributed by atoms with van der Waals surface area (Å²) >= 11 is 0. The summed E-state index contributed by atoms with van der Waals surface area (Å²) in [5, 5.41) is 3.41. The molecule has 1 aromatic heterocycles. The summed E-state index contributed by atoms with van der Waals surface area (Å²) in [6, 6.07) is 2.52. The Kier molecular flexibility index (Phi) is 4.13. The number of rotatable bonds is 3. The molecule has 1 saturated heterocycles. The van der Waals surface area contributed by atoms with E-state index in [1.165, 1.54) is 23.2 Å². The summed E-state index contributed by atoms with van der Waals surface area (Å²) in [6.45, 7) is 5.99. The quantitative estimate of drug-likeness (QED) is 0.872. The minimum atomic E-state index is 0.316. The van der Waals surface area contributed by atoms with Gasteiger partial charge in [0.05, 0.1) is 18.3 Å². The van der Waals surface area contributed by atoms with Gasteiger partial charge in [-0.2, -0.15) is 0 Å². The molecule has 0 saturated carbocycles. The van der Waals surface area contributed by atoms with Gasteiger partial charge in [0.25, 0.3) is 0 Å². The zero-order chi connectivity index (χ0) is 12.3. The molecule has 0 amide bonds. The fourth-order valence-electron chi connectivity index (χ4n) is 2.68. The Morgan fingerprint density at radius 3 is 2.88 bits per heavy atom. The van der Waals surface area contributed by atoms with Crippen LogP contribution in [0.15, 0.2) is 12.3 Å². The van der Waals surface area contributed by atoms with Gasteiger partial charge < -0.3 is 10.1 Å². The van der Waals surface area contributed by atoms with Crippen LogP contribution < -0.4 is 5.32 Å². The Balaban J connectivity index is 2.21. The Hall–Kier alpha value is -0.930. The third-order valence-corrected chi connectivity index (χ3v) is 3.53. The minimum absolute atomic E-state index is 0.316. The fourth-order valence-corrected chi connectivity index (χ4v) is 2.68. The molecular formula is C14H22N2O. The van der Waals surface area contributed by atoms with Gasteiger partial charge in [-0.05, 0) is 44.9 Å². The van der Waals surface area contributed by atoms with E-state index >= 15 is 0 Å². The molecule has 94 valence electrons. The molecule has 2 heterocycles. The van der Waals surface area contributed by atoms with Crippen molar-refractivity contribution in [3.05, 3.63) is 29.1 Å². The molecule has 1 fully saturated rings. The van der Waals surface area contributed by atoms with E-state index in [9.17, 15) is 0 Å². The Morgan fingerprint density at radius 2 is 2.29 bits per heavy atom. The first kappa shape index (κ1) is 12.5. The van der Waals surface area contributed by atoms with Gasteiger partial charge in [0.15, 0.2) is 0 Å². The number of aromatic nitrogens is 1. The average molecular weight is 234 g/mol. The molecule has 0 bridgehead atoms. The number of pyridine rings is 1. The van der Waals surface area contributed by atoms with Crippen LogP contribution in [0.4, 0.5) is 0 Å². The molecule has 0 aromatic carbocycles. The van der Waals surface area contributed by atoms with Crippen LogP contribution in [0, 0.1) is 19.8 Å². The smallest absolute Gasteiger partial charge is 0.0606 e. The number of nitrogens with one attached hydrogen (secondary N) is 1. The first-order valence-electron chi connectivity index (χ1n) is 6.40. The van der Waals surface area contributed by atoms with Crippen LogP contribution in [0.2, 0.25) is 0 Å². The number of aryl methyl sites for hydroxylation is 2. The van der Waals surface area contributed by atoms with E-state index in [-0.39, 0.29) is 0 Å². The van der Waals surface area contributed by atoms with Gasteiger partial charge in [0, 0.05) is 18.7 Å². The number of hydrogen-bond donors (Lipinski definition) is 1. The van der Waals surface area contributed by atoms with E-state index in [0.717, 1.165) is 19.6 Å². The fraction of sp³-hybridized carbons (Fsp3) is 0.643. The van der Waals surface area contributed by atoms with Crippen molar-refractivity contribution in [1.82, 2.24) is 10.3 Å². The number of nitrogens with zero attached hydrogens (tertiary/aromatic N) is 1. The maximum absolute atomic E-state index is 5.58. The van der Waals surface area contributed by atoms with Crippen molar-refractivity contribution < 1.29 is 4.74 Å². The highest BCUT2D eigenvalue weighted by Crippen LogP contribution is 2.29. The van der Waals surface area contributed by atoms with Gasteiger partial charge >= 0.3 is 0 Å². The maximum Gasteiger partial charge on any atom is 0.0606 e. The summed E-state index contributed by atoms with van der Waals surface area (Å²) in [5.41, 5.74) is 3.67. The lowest BCUT2D eigenvalue weighted by molar-refractivity contribution is 0.0395. The van der Waals surface area contributed by atoms with Gasteiger partial charge in [-0.1, -0.05) is 6.07 Å². The Labute approximate surface area is 104 Å². The highest BCUT2D eigenvalue weighted by molar-refractivity contribution is 5.26. The molecule has 1 aromatic rings. The molecule has 0 aliphatic carbocycles. The second kappa shape index (κ2) is 5.61. The van der Waals surface area contributed by atoms with Crippen LogP contribution in [0.3, 0.4) is 0 Å². The lowest BCUT2D eigenvalue weighted by Gasteiger charge is -2.30. The highest BCUT2D eigenvalue weighted by Gasteiger charge is 2.26. The first-order chi connectivity index (χ1) is 8.22. The van der Waals surface area contributed by atoms with Crippen LogP contribution in [0.1, 0.15) is 35.7 Å². The molecule has 2 atom stereocenters. The van der Waals surface area contributed by atoms with Gasteiger partial charge in [0.1, 0.15) is 0 Å². The molecule has 0 radical (unpaired) electrons. The summed E-state index contributed by atoms with van der Waals surface area (Å²) in [4.78, 5) is 4.61. The Morgan fingerprint density at radius 1 is 1.47 bits per heavy atom. The van der Waals surface area contributed by atoms with Crippen molar-refractivity contribution in [1.29, 1.82) is 0 Å². The Bertz CT molecular complexity index is 372. The SMILES string of the molecule is CNC(c1ncc(C)cc1C)C1CCCOC1. The second-order valence-electron chi connectivity index (χ2n) is 4.96. The van der Waals surface area contributed by atoms with Crippen molar-refractivity contribution in [2.45, 2.75) is 32.7 Å². The molecule has 3 nitrogen and oxygen atoms in total. The van der Waals surface area contributed by atoms with E-state index in [0.29, 0.717) is 12.0 Å².